The Kier molecular flexibility index (Phi) is 3.35. The van der Waals surface area contributed by atoms with Crippen LogP contribution in [-0.2, 0) is 0 Å². The van der Waals surface area contributed by atoms with Crippen molar-refractivity contribution >= 4 is 5.95 Å². The van der Waals surface area contributed by atoms with Crippen LogP contribution in [0.4, 0.5) is 10.3 Å². The third-order valence-electron chi connectivity index (χ3n) is 2.38. The number of ether oxygens (including phenoxy) is 1. The maximum absolute atomic E-state index is 12.9. The summed E-state index contributed by atoms with van der Waals surface area (Å²) in [4.78, 5) is 15.8. The molecular weight excluding hydrogens is 279 g/mol. The lowest BCUT2D eigenvalue weighted by atomic mass is 10.3. The minimum absolute atomic E-state index is 0.0185. The second-order valence-corrected chi connectivity index (χ2v) is 3.78. The SMILES string of the molecule is NNc1nc(Oc2ccc(F)cc2)nc(-n2cncn2)n1. The monoisotopic (exact) mass is 288 g/mol. The molecule has 3 aromatic rings. The highest BCUT2D eigenvalue weighted by Crippen LogP contribution is 2.19. The molecule has 10 heteroatoms. The number of hydrogen-bond donors (Lipinski definition) is 2. The molecule has 0 aliphatic heterocycles. The molecule has 9 nitrogen and oxygen atoms in total. The molecule has 2 heterocycles. The van der Waals surface area contributed by atoms with Crippen molar-refractivity contribution in [3.8, 4) is 17.7 Å². The number of aromatic nitrogens is 6. The summed E-state index contributed by atoms with van der Waals surface area (Å²) in [6.45, 7) is 0. The molecule has 21 heavy (non-hydrogen) atoms. The molecule has 0 aliphatic rings. The van der Waals surface area contributed by atoms with Gasteiger partial charge in [-0.15, -0.1) is 0 Å². The zero-order valence-electron chi connectivity index (χ0n) is 10.5. The van der Waals surface area contributed by atoms with E-state index in [9.17, 15) is 4.39 Å². The lowest BCUT2D eigenvalue weighted by molar-refractivity contribution is 0.437. The summed E-state index contributed by atoms with van der Waals surface area (Å²) in [5.41, 5.74) is 2.30. The number of nitrogens with one attached hydrogen (secondary N) is 1. The van der Waals surface area contributed by atoms with Crippen molar-refractivity contribution in [3.05, 3.63) is 42.7 Å². The Labute approximate surface area is 117 Å². The van der Waals surface area contributed by atoms with Crippen molar-refractivity contribution < 1.29 is 9.13 Å². The van der Waals surface area contributed by atoms with Gasteiger partial charge in [-0.1, -0.05) is 0 Å². The molecule has 3 rings (SSSR count). The standard InChI is InChI=1S/C11H9FN8O/c12-7-1-3-8(4-2-7)21-11-17-9(19-13)16-10(18-11)20-6-14-5-15-20/h1-6H,13H2,(H,16,17,18,19). The molecule has 0 spiro atoms. The van der Waals surface area contributed by atoms with Gasteiger partial charge >= 0.3 is 6.01 Å². The van der Waals surface area contributed by atoms with Crippen molar-refractivity contribution in [1.29, 1.82) is 0 Å². The third-order valence-corrected chi connectivity index (χ3v) is 2.38. The van der Waals surface area contributed by atoms with Gasteiger partial charge in [-0.25, -0.2) is 15.2 Å². The summed E-state index contributed by atoms with van der Waals surface area (Å²) in [6.07, 6.45) is 2.75. The Balaban J connectivity index is 1.94. The summed E-state index contributed by atoms with van der Waals surface area (Å²) in [5.74, 6) is 5.57. The van der Waals surface area contributed by atoms with Crippen molar-refractivity contribution in [3.63, 3.8) is 0 Å². The molecule has 106 valence electrons. The molecule has 3 N–H and O–H groups in total. The zero-order valence-corrected chi connectivity index (χ0v) is 10.5. The van der Waals surface area contributed by atoms with Crippen LogP contribution >= 0.6 is 0 Å². The summed E-state index contributed by atoms with van der Waals surface area (Å²) >= 11 is 0. The average Bonchev–Trinajstić information content (AvgIpc) is 3.04. The average molecular weight is 288 g/mol. The van der Waals surface area contributed by atoms with Crippen LogP contribution in [-0.4, -0.2) is 29.7 Å². The summed E-state index contributed by atoms with van der Waals surface area (Å²) < 4.78 is 19.6. The Morgan fingerprint density at radius 2 is 1.95 bits per heavy atom. The van der Waals surface area contributed by atoms with Crippen LogP contribution in [0.1, 0.15) is 0 Å². The first-order valence-corrected chi connectivity index (χ1v) is 5.76. The summed E-state index contributed by atoms with van der Waals surface area (Å²) in [6, 6.07) is 5.40. The van der Waals surface area contributed by atoms with Crippen LogP contribution in [0.5, 0.6) is 11.8 Å². The zero-order chi connectivity index (χ0) is 14.7. The minimum Gasteiger partial charge on any atom is -0.424 e. The number of anilines is 1. The number of nitrogen functional groups attached to an aromatic ring is 1. The molecule has 0 bridgehead atoms. The van der Waals surface area contributed by atoms with Gasteiger partial charge in [-0.3, -0.25) is 5.43 Å². The highest BCUT2D eigenvalue weighted by molar-refractivity contribution is 5.31. The van der Waals surface area contributed by atoms with Crippen LogP contribution in [0.3, 0.4) is 0 Å². The van der Waals surface area contributed by atoms with Crippen molar-refractivity contribution in [2.75, 3.05) is 5.43 Å². The lowest BCUT2D eigenvalue weighted by Gasteiger charge is -2.07. The third kappa shape index (κ3) is 2.90. The fraction of sp³-hybridized carbons (Fsp3) is 0. The van der Waals surface area contributed by atoms with E-state index in [1.807, 2.05) is 0 Å². The van der Waals surface area contributed by atoms with Crippen LogP contribution in [0.2, 0.25) is 0 Å². The van der Waals surface area contributed by atoms with Crippen molar-refractivity contribution in [2.24, 2.45) is 5.84 Å². The van der Waals surface area contributed by atoms with Gasteiger partial charge in [0.05, 0.1) is 0 Å². The number of rotatable bonds is 4. The first-order chi connectivity index (χ1) is 10.2. The second kappa shape index (κ2) is 5.46. The molecule has 0 saturated heterocycles. The Morgan fingerprint density at radius 3 is 2.62 bits per heavy atom. The number of hydrogen-bond acceptors (Lipinski definition) is 8. The first-order valence-electron chi connectivity index (χ1n) is 5.76. The molecule has 2 aromatic heterocycles. The van der Waals surface area contributed by atoms with Crippen molar-refractivity contribution in [2.45, 2.75) is 0 Å². The van der Waals surface area contributed by atoms with Gasteiger partial charge in [-0.05, 0) is 24.3 Å². The number of nitrogens with zero attached hydrogens (tertiary/aromatic N) is 6. The number of benzene rings is 1. The molecule has 0 radical (unpaired) electrons. The van der Waals surface area contributed by atoms with E-state index in [1.54, 1.807) is 0 Å². The van der Waals surface area contributed by atoms with Gasteiger partial charge in [-0.2, -0.15) is 24.7 Å². The molecule has 0 fully saturated rings. The fourth-order valence-electron chi connectivity index (χ4n) is 1.48. The molecule has 1 aromatic carbocycles. The largest absolute Gasteiger partial charge is 0.424 e. The fourth-order valence-corrected chi connectivity index (χ4v) is 1.48. The van der Waals surface area contributed by atoms with E-state index in [0.29, 0.717) is 5.75 Å². The van der Waals surface area contributed by atoms with E-state index in [2.05, 4.69) is 30.5 Å². The predicted molar refractivity (Wildman–Crippen MR) is 69.0 cm³/mol. The Hall–Kier alpha value is -3.14. The van der Waals surface area contributed by atoms with Crippen LogP contribution in [0, 0.1) is 5.82 Å². The number of halogens is 1. The molecule has 0 amide bonds. The normalized spacial score (nSPS) is 10.4. The van der Waals surface area contributed by atoms with Gasteiger partial charge in [0.15, 0.2) is 0 Å². The number of nitrogens with two attached hydrogens (primary N) is 1. The van der Waals surface area contributed by atoms with Gasteiger partial charge in [0.1, 0.15) is 24.2 Å². The number of hydrazine groups is 1. The molecular formula is C11H9FN8O. The van der Waals surface area contributed by atoms with E-state index >= 15 is 0 Å². The van der Waals surface area contributed by atoms with Gasteiger partial charge in [0, 0.05) is 0 Å². The van der Waals surface area contributed by atoms with E-state index in [0.717, 1.165) is 0 Å². The van der Waals surface area contributed by atoms with Crippen LogP contribution in [0.25, 0.3) is 5.95 Å². The Morgan fingerprint density at radius 1 is 1.14 bits per heavy atom. The first kappa shape index (κ1) is 12.9. The van der Waals surface area contributed by atoms with E-state index in [4.69, 9.17) is 10.6 Å². The summed E-state index contributed by atoms with van der Waals surface area (Å²) in [7, 11) is 0. The molecule has 0 aliphatic carbocycles. The quantitative estimate of drug-likeness (QED) is 0.531. The van der Waals surface area contributed by atoms with Crippen molar-refractivity contribution in [1.82, 2.24) is 29.7 Å². The van der Waals surface area contributed by atoms with E-state index < -0.39 is 0 Å². The molecule has 0 unspecified atom stereocenters. The second-order valence-electron chi connectivity index (χ2n) is 3.78. The topological polar surface area (TPSA) is 117 Å². The highest BCUT2D eigenvalue weighted by Gasteiger charge is 2.10. The van der Waals surface area contributed by atoms with E-state index in [-0.39, 0.29) is 23.7 Å². The smallest absolute Gasteiger partial charge is 0.328 e. The van der Waals surface area contributed by atoms with Crippen LogP contribution < -0.4 is 16.0 Å². The maximum Gasteiger partial charge on any atom is 0.328 e. The molecule has 0 atom stereocenters. The minimum atomic E-state index is -0.370. The maximum atomic E-state index is 12.9. The van der Waals surface area contributed by atoms with E-state index in [1.165, 1.54) is 41.6 Å². The highest BCUT2D eigenvalue weighted by atomic mass is 19.1. The van der Waals surface area contributed by atoms with Gasteiger partial charge in [0.25, 0.3) is 5.95 Å². The van der Waals surface area contributed by atoms with Crippen LogP contribution in [0.15, 0.2) is 36.9 Å². The van der Waals surface area contributed by atoms with Gasteiger partial charge in [0.2, 0.25) is 5.95 Å². The molecule has 0 saturated carbocycles. The predicted octanol–water partition coefficient (Wildman–Crippen LogP) is 0.669. The lowest BCUT2D eigenvalue weighted by Crippen LogP contribution is -2.14. The van der Waals surface area contributed by atoms with Gasteiger partial charge < -0.3 is 4.74 Å². The summed E-state index contributed by atoms with van der Waals surface area (Å²) in [5, 5.41) is 3.90. The Bertz CT molecular complexity index is 730.